The summed E-state index contributed by atoms with van der Waals surface area (Å²) in [4.78, 5) is 26.4. The van der Waals surface area contributed by atoms with E-state index in [0.29, 0.717) is 4.91 Å². The van der Waals surface area contributed by atoms with Crippen molar-refractivity contribution in [1.29, 1.82) is 0 Å². The van der Waals surface area contributed by atoms with Gasteiger partial charge in [-0.05, 0) is 29.7 Å². The SMILES string of the molecule is CC(=C\c1ccccc1)/C=C1/SC(=S)N([C@@H](Cc2ccccc2)C(=O)O)C1=O. The third-order valence-electron chi connectivity index (χ3n) is 4.24. The molecule has 142 valence electrons. The fourth-order valence-electron chi connectivity index (χ4n) is 2.94. The molecule has 1 amide bonds. The largest absolute Gasteiger partial charge is 0.480 e. The number of carbonyl (C=O) groups excluding carboxylic acids is 1. The smallest absolute Gasteiger partial charge is 0.327 e. The van der Waals surface area contributed by atoms with Crippen molar-refractivity contribution < 1.29 is 14.7 Å². The summed E-state index contributed by atoms with van der Waals surface area (Å²) in [7, 11) is 0. The number of hydrogen-bond acceptors (Lipinski definition) is 4. The molecule has 2 aromatic rings. The minimum Gasteiger partial charge on any atom is -0.480 e. The highest BCUT2D eigenvalue weighted by Crippen LogP contribution is 2.34. The number of amides is 1. The number of aliphatic carboxylic acids is 1. The van der Waals surface area contributed by atoms with E-state index in [1.807, 2.05) is 73.7 Å². The molecule has 1 aliphatic heterocycles. The lowest BCUT2D eigenvalue weighted by atomic mass is 10.0. The first kappa shape index (κ1) is 20.0. The molecule has 0 spiro atoms. The summed E-state index contributed by atoms with van der Waals surface area (Å²) in [5.41, 5.74) is 2.76. The molecule has 2 aromatic carbocycles. The molecule has 0 aromatic heterocycles. The summed E-state index contributed by atoms with van der Waals surface area (Å²) in [5.74, 6) is -1.43. The van der Waals surface area contributed by atoms with E-state index in [1.165, 1.54) is 4.90 Å². The minimum absolute atomic E-state index is 0.203. The van der Waals surface area contributed by atoms with Gasteiger partial charge >= 0.3 is 5.97 Å². The molecule has 28 heavy (non-hydrogen) atoms. The van der Waals surface area contributed by atoms with Crippen LogP contribution in [0, 0.1) is 0 Å². The van der Waals surface area contributed by atoms with Gasteiger partial charge in [-0.15, -0.1) is 0 Å². The van der Waals surface area contributed by atoms with Gasteiger partial charge in [0.25, 0.3) is 5.91 Å². The number of thiocarbonyl (C=S) groups is 1. The summed E-state index contributed by atoms with van der Waals surface area (Å²) in [5, 5.41) is 9.70. The second kappa shape index (κ2) is 8.99. The molecule has 0 radical (unpaired) electrons. The number of hydrogen-bond donors (Lipinski definition) is 1. The van der Waals surface area contributed by atoms with E-state index in [0.717, 1.165) is 28.5 Å². The fraction of sp³-hybridized carbons (Fsp3) is 0.136. The zero-order chi connectivity index (χ0) is 20.1. The van der Waals surface area contributed by atoms with Crippen LogP contribution in [0.3, 0.4) is 0 Å². The molecule has 1 atom stereocenters. The summed E-state index contributed by atoms with van der Waals surface area (Å²) < 4.78 is 0.270. The number of carbonyl (C=O) groups is 2. The topological polar surface area (TPSA) is 57.6 Å². The van der Waals surface area contributed by atoms with Gasteiger partial charge in [-0.1, -0.05) is 90.7 Å². The fourth-order valence-corrected chi connectivity index (χ4v) is 4.34. The molecule has 1 heterocycles. The van der Waals surface area contributed by atoms with Crippen LogP contribution in [-0.2, 0) is 16.0 Å². The summed E-state index contributed by atoms with van der Waals surface area (Å²) >= 11 is 6.48. The van der Waals surface area contributed by atoms with Crippen LogP contribution in [-0.4, -0.2) is 32.2 Å². The maximum Gasteiger partial charge on any atom is 0.327 e. The third-order valence-corrected chi connectivity index (χ3v) is 5.58. The zero-order valence-corrected chi connectivity index (χ0v) is 16.9. The first-order valence-electron chi connectivity index (χ1n) is 8.73. The van der Waals surface area contributed by atoms with Crippen LogP contribution in [0.4, 0.5) is 0 Å². The van der Waals surface area contributed by atoms with E-state index in [1.54, 1.807) is 6.08 Å². The number of thioether (sulfide) groups is 1. The van der Waals surface area contributed by atoms with Crippen LogP contribution in [0.2, 0.25) is 0 Å². The van der Waals surface area contributed by atoms with Gasteiger partial charge in [-0.3, -0.25) is 9.69 Å². The van der Waals surface area contributed by atoms with Crippen molar-refractivity contribution in [1.82, 2.24) is 4.90 Å². The summed E-state index contributed by atoms with van der Waals surface area (Å²) in [6, 6.07) is 18.0. The van der Waals surface area contributed by atoms with Crippen LogP contribution < -0.4 is 0 Å². The molecule has 6 heteroatoms. The highest BCUT2D eigenvalue weighted by molar-refractivity contribution is 8.26. The Kier molecular flexibility index (Phi) is 6.44. The van der Waals surface area contributed by atoms with Crippen molar-refractivity contribution in [2.45, 2.75) is 19.4 Å². The van der Waals surface area contributed by atoms with Gasteiger partial charge in [0, 0.05) is 6.42 Å². The van der Waals surface area contributed by atoms with Crippen LogP contribution in [0.1, 0.15) is 18.1 Å². The molecule has 1 saturated heterocycles. The van der Waals surface area contributed by atoms with E-state index in [-0.39, 0.29) is 16.6 Å². The van der Waals surface area contributed by atoms with Gasteiger partial charge in [0.05, 0.1) is 4.91 Å². The average molecular weight is 410 g/mol. The Labute approximate surface area is 173 Å². The van der Waals surface area contributed by atoms with Crippen LogP contribution in [0.15, 0.2) is 77.2 Å². The second-order valence-corrected chi connectivity index (χ2v) is 8.07. The first-order chi connectivity index (χ1) is 13.5. The Hall–Kier alpha value is -2.70. The zero-order valence-electron chi connectivity index (χ0n) is 15.2. The Morgan fingerprint density at radius 3 is 2.36 bits per heavy atom. The standard InChI is InChI=1S/C22H19NO3S2/c1-15(12-16-8-4-2-5-9-16)13-19-20(24)23(22(27)28-19)18(21(25)26)14-17-10-6-3-7-11-17/h2-13,18H,14H2,1H3,(H,25,26)/b15-12+,19-13+/t18-/m0/s1. The molecule has 0 unspecified atom stereocenters. The van der Waals surface area contributed by atoms with Crippen molar-refractivity contribution in [2.75, 3.05) is 0 Å². The predicted octanol–water partition coefficient (Wildman–Crippen LogP) is 4.53. The Morgan fingerprint density at radius 1 is 1.14 bits per heavy atom. The van der Waals surface area contributed by atoms with Crippen molar-refractivity contribution >= 4 is 46.3 Å². The molecular weight excluding hydrogens is 390 g/mol. The molecule has 0 bridgehead atoms. The van der Waals surface area contributed by atoms with Gasteiger partial charge in [0.15, 0.2) is 0 Å². The lowest BCUT2D eigenvalue weighted by Gasteiger charge is -2.23. The number of nitrogens with zero attached hydrogens (tertiary/aromatic N) is 1. The average Bonchev–Trinajstić information content (AvgIpc) is 2.94. The molecular formula is C22H19NO3S2. The van der Waals surface area contributed by atoms with E-state index >= 15 is 0 Å². The number of carboxylic acids is 1. The minimum atomic E-state index is -1.07. The molecule has 4 nitrogen and oxygen atoms in total. The molecule has 1 N–H and O–H groups in total. The molecule has 0 aliphatic carbocycles. The predicted molar refractivity (Wildman–Crippen MR) is 117 cm³/mol. The van der Waals surface area contributed by atoms with E-state index in [4.69, 9.17) is 12.2 Å². The van der Waals surface area contributed by atoms with Gasteiger partial charge in [0.1, 0.15) is 10.4 Å². The van der Waals surface area contributed by atoms with E-state index in [9.17, 15) is 14.7 Å². The number of rotatable bonds is 6. The maximum atomic E-state index is 12.9. The second-order valence-electron chi connectivity index (χ2n) is 6.39. The molecule has 1 fully saturated rings. The van der Waals surface area contributed by atoms with Gasteiger partial charge < -0.3 is 5.11 Å². The first-order valence-corrected chi connectivity index (χ1v) is 9.95. The van der Waals surface area contributed by atoms with Crippen molar-refractivity contribution in [3.05, 3.63) is 88.3 Å². The van der Waals surface area contributed by atoms with Crippen molar-refractivity contribution in [2.24, 2.45) is 0 Å². The van der Waals surface area contributed by atoms with Crippen LogP contribution in [0.5, 0.6) is 0 Å². The number of benzene rings is 2. The lowest BCUT2D eigenvalue weighted by molar-refractivity contribution is -0.145. The highest BCUT2D eigenvalue weighted by Gasteiger charge is 2.40. The Balaban J connectivity index is 1.83. The van der Waals surface area contributed by atoms with Gasteiger partial charge in [-0.2, -0.15) is 0 Å². The number of carboxylic acid groups (broad SMARTS) is 1. The highest BCUT2D eigenvalue weighted by atomic mass is 32.2. The summed E-state index contributed by atoms with van der Waals surface area (Å²) in [6.45, 7) is 1.90. The van der Waals surface area contributed by atoms with E-state index < -0.39 is 12.0 Å². The van der Waals surface area contributed by atoms with Crippen molar-refractivity contribution in [3.8, 4) is 0 Å². The molecule has 0 saturated carbocycles. The van der Waals surface area contributed by atoms with Crippen LogP contribution in [0.25, 0.3) is 6.08 Å². The van der Waals surface area contributed by atoms with Gasteiger partial charge in [0.2, 0.25) is 0 Å². The Bertz CT molecular complexity index is 952. The van der Waals surface area contributed by atoms with Crippen molar-refractivity contribution in [3.63, 3.8) is 0 Å². The number of allylic oxidation sites excluding steroid dienone is 2. The van der Waals surface area contributed by atoms with Gasteiger partial charge in [-0.25, -0.2) is 4.79 Å². The third kappa shape index (κ3) is 4.77. The molecule has 1 aliphatic rings. The molecule has 3 rings (SSSR count). The monoisotopic (exact) mass is 409 g/mol. The van der Waals surface area contributed by atoms with Crippen LogP contribution >= 0.6 is 24.0 Å². The summed E-state index contributed by atoms with van der Waals surface area (Å²) in [6.07, 6.45) is 3.92. The normalized spacial score (nSPS) is 17.2. The van der Waals surface area contributed by atoms with E-state index in [2.05, 4.69) is 0 Å². The maximum absolute atomic E-state index is 12.9. The quantitative estimate of drug-likeness (QED) is 0.561. The lowest BCUT2D eigenvalue weighted by Crippen LogP contribution is -2.45. The Morgan fingerprint density at radius 2 is 1.75 bits per heavy atom.